The maximum Gasteiger partial charge on any atom is 0.288 e. The van der Waals surface area contributed by atoms with Crippen LogP contribution in [-0.2, 0) is 4.79 Å². The summed E-state index contributed by atoms with van der Waals surface area (Å²) in [5.74, 6) is -0.931. The van der Waals surface area contributed by atoms with Crippen molar-refractivity contribution >= 4 is 47.2 Å². The molecule has 0 bridgehead atoms. The number of hydrazine groups is 1. The lowest BCUT2D eigenvalue weighted by Crippen LogP contribution is -2.42. The predicted octanol–water partition coefficient (Wildman–Crippen LogP) is 4.60. The first kappa shape index (κ1) is 22.8. The molecular weight excluding hydrogens is 466 g/mol. The number of carbonyl (C=O) groups is 2. The number of halogens is 3. The molecule has 1 aromatic heterocycles. The van der Waals surface area contributed by atoms with Crippen LogP contribution in [0.5, 0.6) is 5.75 Å². The number of ether oxygens (including phenoxy) is 1. The van der Waals surface area contributed by atoms with E-state index in [2.05, 4.69) is 15.8 Å². The minimum absolute atomic E-state index is 0.114. The molecule has 0 aliphatic rings. The molecule has 31 heavy (non-hydrogen) atoms. The summed E-state index contributed by atoms with van der Waals surface area (Å²) in [7, 11) is 0. The van der Waals surface area contributed by atoms with Gasteiger partial charge in [0.15, 0.2) is 4.77 Å². The molecule has 7 nitrogen and oxygen atoms in total. The minimum atomic E-state index is -0.589. The molecule has 0 saturated heterocycles. The molecule has 162 valence electrons. The highest BCUT2D eigenvalue weighted by Crippen LogP contribution is 2.27. The maximum atomic E-state index is 13.2. The van der Waals surface area contributed by atoms with Crippen molar-refractivity contribution in [1.82, 2.24) is 20.4 Å². The third kappa shape index (κ3) is 6.06. The molecule has 0 unspecified atom stereocenters. The van der Waals surface area contributed by atoms with Gasteiger partial charge in [0.1, 0.15) is 17.3 Å². The summed E-state index contributed by atoms with van der Waals surface area (Å²) in [6.07, 6.45) is 1.91. The lowest BCUT2D eigenvalue weighted by Gasteiger charge is -2.11. The highest BCUT2D eigenvalue weighted by Gasteiger charge is 2.15. The van der Waals surface area contributed by atoms with Gasteiger partial charge < -0.3 is 9.72 Å². The average molecular weight is 483 g/mol. The Kier molecular flexibility index (Phi) is 7.67. The Labute approximate surface area is 192 Å². The van der Waals surface area contributed by atoms with Crippen molar-refractivity contribution in [1.29, 1.82) is 0 Å². The van der Waals surface area contributed by atoms with Crippen molar-refractivity contribution < 1.29 is 18.7 Å². The molecule has 0 aliphatic heterocycles. The van der Waals surface area contributed by atoms with Gasteiger partial charge in [-0.2, -0.15) is 0 Å². The standard InChI is InChI=1S/C20H17Cl2FN4O3S/c21-12-3-8-17(15(22)10-12)30-9-1-2-18(28)25-26-19(29)16-11-24-20(31)27(16)14-6-4-13(23)5-7-14/h3-8,10-11H,1-2,9H2,(H,24,31)(H,25,28)(H,26,29). The number of benzene rings is 2. The lowest BCUT2D eigenvalue weighted by atomic mass is 10.3. The average Bonchev–Trinajstić information content (AvgIpc) is 3.13. The third-order valence-electron chi connectivity index (χ3n) is 4.11. The van der Waals surface area contributed by atoms with Gasteiger partial charge in [0.05, 0.1) is 11.6 Å². The minimum Gasteiger partial charge on any atom is -0.492 e. The van der Waals surface area contributed by atoms with Crippen LogP contribution in [0, 0.1) is 10.6 Å². The molecule has 0 spiro atoms. The number of hydrogen-bond donors (Lipinski definition) is 3. The SMILES string of the molecule is O=C(CCCOc1ccc(Cl)cc1Cl)NNC(=O)c1c[nH]c(=S)n1-c1ccc(F)cc1. The van der Waals surface area contributed by atoms with E-state index in [-0.39, 0.29) is 23.5 Å². The first-order chi connectivity index (χ1) is 14.8. The molecule has 1 heterocycles. The second kappa shape index (κ2) is 10.4. The summed E-state index contributed by atoms with van der Waals surface area (Å²) in [5.41, 5.74) is 5.32. The smallest absolute Gasteiger partial charge is 0.288 e. The van der Waals surface area contributed by atoms with Gasteiger partial charge in [0, 0.05) is 23.3 Å². The normalized spacial score (nSPS) is 10.5. The van der Waals surface area contributed by atoms with E-state index < -0.39 is 17.6 Å². The number of H-pyrrole nitrogens is 1. The van der Waals surface area contributed by atoms with Gasteiger partial charge in [-0.1, -0.05) is 23.2 Å². The van der Waals surface area contributed by atoms with Crippen LogP contribution in [0.4, 0.5) is 4.39 Å². The van der Waals surface area contributed by atoms with Crippen molar-refractivity contribution in [2.24, 2.45) is 0 Å². The Morgan fingerprint density at radius 1 is 1.13 bits per heavy atom. The van der Waals surface area contributed by atoms with Gasteiger partial charge in [-0.3, -0.25) is 25.0 Å². The first-order valence-corrected chi connectivity index (χ1v) is 10.2. The number of rotatable bonds is 7. The highest BCUT2D eigenvalue weighted by atomic mass is 35.5. The summed E-state index contributed by atoms with van der Waals surface area (Å²) in [6.45, 7) is 0.254. The van der Waals surface area contributed by atoms with Crippen molar-refractivity contribution in [3.8, 4) is 11.4 Å². The number of carbonyl (C=O) groups excluding carboxylic acids is 2. The van der Waals surface area contributed by atoms with Crippen LogP contribution in [-0.4, -0.2) is 28.0 Å². The van der Waals surface area contributed by atoms with Crippen LogP contribution in [0.1, 0.15) is 23.3 Å². The molecule has 0 radical (unpaired) electrons. The summed E-state index contributed by atoms with van der Waals surface area (Å²) < 4.78 is 20.4. The van der Waals surface area contributed by atoms with Crippen LogP contribution in [0.3, 0.4) is 0 Å². The predicted molar refractivity (Wildman–Crippen MR) is 118 cm³/mol. The Balaban J connectivity index is 1.49. The fourth-order valence-corrected chi connectivity index (χ4v) is 3.37. The molecule has 3 rings (SSSR count). The maximum absolute atomic E-state index is 13.2. The van der Waals surface area contributed by atoms with E-state index in [4.69, 9.17) is 40.2 Å². The quantitative estimate of drug-likeness (QED) is 0.260. The summed E-state index contributed by atoms with van der Waals surface area (Å²) in [6, 6.07) is 10.3. The molecule has 2 amide bonds. The Morgan fingerprint density at radius 3 is 2.58 bits per heavy atom. The molecule has 0 atom stereocenters. The molecule has 3 N–H and O–H groups in total. The molecule has 0 saturated carbocycles. The van der Waals surface area contributed by atoms with E-state index in [9.17, 15) is 14.0 Å². The molecule has 11 heteroatoms. The topological polar surface area (TPSA) is 88.2 Å². The zero-order valence-electron chi connectivity index (χ0n) is 16.0. The number of imidazole rings is 1. The number of hydrogen-bond acceptors (Lipinski definition) is 4. The van der Waals surface area contributed by atoms with E-state index >= 15 is 0 Å². The van der Waals surface area contributed by atoms with Crippen molar-refractivity contribution in [3.63, 3.8) is 0 Å². The second-order valence-corrected chi connectivity index (χ2v) is 7.55. The fraction of sp³-hybridized carbons (Fsp3) is 0.150. The van der Waals surface area contributed by atoms with Gasteiger partial charge in [-0.15, -0.1) is 0 Å². The largest absolute Gasteiger partial charge is 0.492 e. The van der Waals surface area contributed by atoms with Crippen LogP contribution in [0.25, 0.3) is 5.69 Å². The summed E-state index contributed by atoms with van der Waals surface area (Å²) in [4.78, 5) is 27.2. The number of nitrogens with zero attached hydrogens (tertiary/aromatic N) is 1. The fourth-order valence-electron chi connectivity index (χ4n) is 2.64. The van der Waals surface area contributed by atoms with Crippen LogP contribution >= 0.6 is 35.4 Å². The van der Waals surface area contributed by atoms with Gasteiger partial charge in [0.2, 0.25) is 5.91 Å². The first-order valence-electron chi connectivity index (χ1n) is 9.08. The van der Waals surface area contributed by atoms with Gasteiger partial charge in [0.25, 0.3) is 5.91 Å². The molecular formula is C20H17Cl2FN4O3S. The number of nitrogens with one attached hydrogen (secondary N) is 3. The van der Waals surface area contributed by atoms with Gasteiger partial charge in [-0.05, 0) is 61.1 Å². The Hall–Kier alpha value is -2.88. The number of amides is 2. The van der Waals surface area contributed by atoms with Crippen molar-refractivity contribution in [2.75, 3.05) is 6.61 Å². The van der Waals surface area contributed by atoms with E-state index in [0.29, 0.717) is 27.9 Å². The van der Waals surface area contributed by atoms with Crippen LogP contribution in [0.2, 0.25) is 10.0 Å². The number of aromatic amines is 1. The molecule has 3 aromatic rings. The molecule has 2 aromatic carbocycles. The lowest BCUT2D eigenvalue weighted by molar-refractivity contribution is -0.122. The Bertz CT molecular complexity index is 1150. The van der Waals surface area contributed by atoms with Gasteiger partial charge in [-0.25, -0.2) is 4.39 Å². The van der Waals surface area contributed by atoms with Crippen LogP contribution in [0.15, 0.2) is 48.7 Å². The molecule has 0 fully saturated rings. The van der Waals surface area contributed by atoms with E-state index in [1.807, 2.05) is 0 Å². The van der Waals surface area contributed by atoms with E-state index in [1.165, 1.54) is 35.0 Å². The summed E-state index contributed by atoms with van der Waals surface area (Å²) in [5, 5.41) is 0.880. The van der Waals surface area contributed by atoms with Gasteiger partial charge >= 0.3 is 0 Å². The van der Waals surface area contributed by atoms with E-state index in [0.717, 1.165) is 0 Å². The van der Waals surface area contributed by atoms with Crippen molar-refractivity contribution in [3.05, 3.63) is 75.0 Å². The number of aromatic nitrogens is 2. The monoisotopic (exact) mass is 482 g/mol. The van der Waals surface area contributed by atoms with Crippen molar-refractivity contribution in [2.45, 2.75) is 12.8 Å². The van der Waals surface area contributed by atoms with Crippen LogP contribution < -0.4 is 15.6 Å². The summed E-state index contributed by atoms with van der Waals surface area (Å²) >= 11 is 17.0. The second-order valence-electron chi connectivity index (χ2n) is 6.32. The van der Waals surface area contributed by atoms with E-state index in [1.54, 1.807) is 18.2 Å². The zero-order chi connectivity index (χ0) is 22.4. The third-order valence-corrected chi connectivity index (χ3v) is 4.94. The zero-order valence-corrected chi connectivity index (χ0v) is 18.3. The Morgan fingerprint density at radius 2 is 1.87 bits per heavy atom. The highest BCUT2D eigenvalue weighted by molar-refractivity contribution is 7.71. The molecule has 0 aliphatic carbocycles.